The summed E-state index contributed by atoms with van der Waals surface area (Å²) in [5.41, 5.74) is 5.64. The van der Waals surface area contributed by atoms with Crippen LogP contribution in [-0.2, 0) is 12.1 Å². The molecule has 0 unspecified atom stereocenters. The van der Waals surface area contributed by atoms with Gasteiger partial charge in [0.2, 0.25) is 0 Å². The summed E-state index contributed by atoms with van der Waals surface area (Å²) in [6, 6.07) is 0. The molecule has 0 aliphatic carbocycles. The van der Waals surface area contributed by atoms with Crippen LogP contribution in [0.4, 0.5) is 0 Å². The molecule has 4 heteroatoms. The molecule has 1 rings (SSSR count). The topological polar surface area (TPSA) is 56.7 Å². The van der Waals surface area contributed by atoms with Gasteiger partial charge in [-0.25, -0.2) is 0 Å². The standard InChI is InChI=1S/C10H20N4/c1-7(2)9-13-12-8(6-11)14(9)10(3,4)5/h7H,6,11H2,1-5H3. The van der Waals surface area contributed by atoms with Crippen molar-refractivity contribution in [3.8, 4) is 0 Å². The van der Waals surface area contributed by atoms with Gasteiger partial charge >= 0.3 is 0 Å². The lowest BCUT2D eigenvalue weighted by Gasteiger charge is -2.25. The molecule has 0 spiro atoms. The molecule has 0 aromatic carbocycles. The van der Waals surface area contributed by atoms with Crippen LogP contribution in [0.2, 0.25) is 0 Å². The first-order chi connectivity index (χ1) is 6.38. The van der Waals surface area contributed by atoms with Gasteiger partial charge in [0, 0.05) is 11.5 Å². The maximum Gasteiger partial charge on any atom is 0.147 e. The largest absolute Gasteiger partial charge is 0.324 e. The SMILES string of the molecule is CC(C)c1nnc(CN)n1C(C)(C)C. The van der Waals surface area contributed by atoms with Gasteiger partial charge in [-0.2, -0.15) is 0 Å². The number of aromatic nitrogens is 3. The fourth-order valence-electron chi connectivity index (χ4n) is 1.57. The summed E-state index contributed by atoms with van der Waals surface area (Å²) in [6.45, 7) is 11.1. The molecule has 80 valence electrons. The number of nitrogens with zero attached hydrogens (tertiary/aromatic N) is 3. The molecule has 4 nitrogen and oxygen atoms in total. The van der Waals surface area contributed by atoms with Gasteiger partial charge in [-0.15, -0.1) is 10.2 Å². The van der Waals surface area contributed by atoms with Crippen LogP contribution in [-0.4, -0.2) is 14.8 Å². The van der Waals surface area contributed by atoms with Crippen molar-refractivity contribution in [2.75, 3.05) is 0 Å². The molecule has 14 heavy (non-hydrogen) atoms. The Kier molecular flexibility index (Phi) is 2.95. The van der Waals surface area contributed by atoms with Crippen molar-refractivity contribution in [3.05, 3.63) is 11.6 Å². The Morgan fingerprint density at radius 1 is 1.29 bits per heavy atom. The molecular formula is C10H20N4. The molecule has 0 saturated carbocycles. The molecule has 2 N–H and O–H groups in total. The van der Waals surface area contributed by atoms with Crippen molar-refractivity contribution in [1.29, 1.82) is 0 Å². The van der Waals surface area contributed by atoms with E-state index in [2.05, 4.69) is 49.4 Å². The van der Waals surface area contributed by atoms with Gasteiger partial charge in [-0.1, -0.05) is 13.8 Å². The molecule has 1 aromatic heterocycles. The molecule has 0 fully saturated rings. The second kappa shape index (κ2) is 3.69. The van der Waals surface area contributed by atoms with Crippen molar-refractivity contribution in [2.24, 2.45) is 5.73 Å². The van der Waals surface area contributed by atoms with E-state index < -0.39 is 0 Å². The van der Waals surface area contributed by atoms with Crippen LogP contribution >= 0.6 is 0 Å². The normalized spacial score (nSPS) is 12.5. The smallest absolute Gasteiger partial charge is 0.147 e. The van der Waals surface area contributed by atoms with Gasteiger partial charge in [0.15, 0.2) is 0 Å². The van der Waals surface area contributed by atoms with Crippen molar-refractivity contribution in [3.63, 3.8) is 0 Å². The fourth-order valence-corrected chi connectivity index (χ4v) is 1.57. The van der Waals surface area contributed by atoms with Gasteiger partial charge in [-0.3, -0.25) is 0 Å². The Hall–Kier alpha value is -0.900. The number of rotatable bonds is 2. The van der Waals surface area contributed by atoms with E-state index in [-0.39, 0.29) is 5.54 Å². The predicted molar refractivity (Wildman–Crippen MR) is 57.0 cm³/mol. The average Bonchev–Trinajstić information content (AvgIpc) is 2.45. The summed E-state index contributed by atoms with van der Waals surface area (Å²) < 4.78 is 2.14. The van der Waals surface area contributed by atoms with E-state index in [1.54, 1.807) is 0 Å². The fraction of sp³-hybridized carbons (Fsp3) is 0.800. The van der Waals surface area contributed by atoms with E-state index in [9.17, 15) is 0 Å². The summed E-state index contributed by atoms with van der Waals surface area (Å²) in [5.74, 6) is 2.25. The van der Waals surface area contributed by atoms with Gasteiger partial charge in [0.1, 0.15) is 11.6 Å². The highest BCUT2D eigenvalue weighted by Gasteiger charge is 2.23. The highest BCUT2D eigenvalue weighted by atomic mass is 15.3. The zero-order valence-electron chi connectivity index (χ0n) is 9.70. The quantitative estimate of drug-likeness (QED) is 0.782. The van der Waals surface area contributed by atoms with Crippen molar-refractivity contribution < 1.29 is 0 Å². The zero-order valence-corrected chi connectivity index (χ0v) is 9.70. The van der Waals surface area contributed by atoms with Crippen LogP contribution in [0.25, 0.3) is 0 Å². The van der Waals surface area contributed by atoms with E-state index in [4.69, 9.17) is 5.73 Å². The number of nitrogens with two attached hydrogens (primary N) is 1. The minimum Gasteiger partial charge on any atom is -0.324 e. The zero-order chi connectivity index (χ0) is 10.9. The van der Waals surface area contributed by atoms with E-state index >= 15 is 0 Å². The molecule has 0 amide bonds. The number of hydrogen-bond donors (Lipinski definition) is 1. The molecular weight excluding hydrogens is 176 g/mol. The van der Waals surface area contributed by atoms with E-state index in [1.165, 1.54) is 0 Å². The first-order valence-corrected chi connectivity index (χ1v) is 5.02. The third kappa shape index (κ3) is 1.95. The van der Waals surface area contributed by atoms with Gasteiger partial charge in [0.25, 0.3) is 0 Å². The lowest BCUT2D eigenvalue weighted by atomic mass is 10.1. The molecule has 0 bridgehead atoms. The highest BCUT2D eigenvalue weighted by Crippen LogP contribution is 2.22. The molecule has 0 aliphatic heterocycles. The van der Waals surface area contributed by atoms with E-state index in [1.807, 2.05) is 0 Å². The molecule has 0 aliphatic rings. The monoisotopic (exact) mass is 196 g/mol. The van der Waals surface area contributed by atoms with Crippen LogP contribution < -0.4 is 5.73 Å². The Labute approximate surface area is 85.5 Å². The third-order valence-corrected chi connectivity index (χ3v) is 2.12. The number of hydrogen-bond acceptors (Lipinski definition) is 3. The summed E-state index contributed by atoms with van der Waals surface area (Å²) in [7, 11) is 0. The molecule has 0 atom stereocenters. The maximum atomic E-state index is 5.64. The molecule has 0 radical (unpaired) electrons. The second-order valence-electron chi connectivity index (χ2n) is 4.84. The molecule has 1 heterocycles. The minimum atomic E-state index is -0.00218. The highest BCUT2D eigenvalue weighted by molar-refractivity contribution is 5.04. The first-order valence-electron chi connectivity index (χ1n) is 5.02. The second-order valence-corrected chi connectivity index (χ2v) is 4.84. The Morgan fingerprint density at radius 2 is 1.86 bits per heavy atom. The third-order valence-electron chi connectivity index (χ3n) is 2.12. The Bertz CT molecular complexity index is 306. The Balaban J connectivity index is 3.27. The van der Waals surface area contributed by atoms with Gasteiger partial charge in [0.05, 0.1) is 6.54 Å². The van der Waals surface area contributed by atoms with Crippen LogP contribution in [0.5, 0.6) is 0 Å². The lowest BCUT2D eigenvalue weighted by molar-refractivity contribution is 0.364. The van der Waals surface area contributed by atoms with Crippen LogP contribution in [0, 0.1) is 0 Å². The minimum absolute atomic E-state index is 0.00218. The van der Waals surface area contributed by atoms with Crippen LogP contribution in [0.3, 0.4) is 0 Å². The average molecular weight is 196 g/mol. The summed E-state index contributed by atoms with van der Waals surface area (Å²) in [6.07, 6.45) is 0. The first kappa shape index (κ1) is 11.2. The predicted octanol–water partition coefficient (Wildman–Crippen LogP) is 1.62. The van der Waals surface area contributed by atoms with Crippen LogP contribution in [0.15, 0.2) is 0 Å². The van der Waals surface area contributed by atoms with Gasteiger partial charge < -0.3 is 10.3 Å². The van der Waals surface area contributed by atoms with Gasteiger partial charge in [-0.05, 0) is 20.8 Å². The molecule has 0 saturated heterocycles. The summed E-state index contributed by atoms with van der Waals surface area (Å²) in [4.78, 5) is 0. The molecule has 1 aromatic rings. The Morgan fingerprint density at radius 3 is 2.21 bits per heavy atom. The van der Waals surface area contributed by atoms with E-state index in [0.717, 1.165) is 11.6 Å². The maximum absolute atomic E-state index is 5.64. The van der Waals surface area contributed by atoms with Crippen molar-refractivity contribution in [2.45, 2.75) is 52.6 Å². The summed E-state index contributed by atoms with van der Waals surface area (Å²) in [5, 5.41) is 8.30. The van der Waals surface area contributed by atoms with E-state index in [0.29, 0.717) is 12.5 Å². The van der Waals surface area contributed by atoms with Crippen LogP contribution in [0.1, 0.15) is 52.2 Å². The van der Waals surface area contributed by atoms with Crippen molar-refractivity contribution in [1.82, 2.24) is 14.8 Å². The lowest BCUT2D eigenvalue weighted by Crippen LogP contribution is -2.27. The summed E-state index contributed by atoms with van der Waals surface area (Å²) >= 11 is 0. The van der Waals surface area contributed by atoms with Crippen molar-refractivity contribution >= 4 is 0 Å².